The number of anilines is 1. The molecule has 21 heavy (non-hydrogen) atoms. The van der Waals surface area contributed by atoms with Crippen LogP contribution < -0.4 is 10.6 Å². The molecule has 0 aliphatic heterocycles. The number of nitrogens with one attached hydrogen (secondary N) is 2. The minimum atomic E-state index is -3.05. The zero-order chi connectivity index (χ0) is 15.9. The maximum Gasteiger partial charge on any atom is 0.251 e. The Morgan fingerprint density at radius 3 is 2.48 bits per heavy atom. The third kappa shape index (κ3) is 5.75. The smallest absolute Gasteiger partial charge is 0.251 e. The SMILES string of the molecule is CCCNc1ccc(C(=O)NCCS(=O)(=O)CC)cc1C. The number of aryl methyl sites for hydroxylation is 1. The lowest BCUT2D eigenvalue weighted by molar-refractivity contribution is 0.0956. The van der Waals surface area contributed by atoms with Crippen LogP contribution in [0.2, 0.25) is 0 Å². The predicted octanol–water partition coefficient (Wildman–Crippen LogP) is 1.98. The van der Waals surface area contributed by atoms with E-state index in [1.807, 2.05) is 19.1 Å². The van der Waals surface area contributed by atoms with Crippen LogP contribution >= 0.6 is 0 Å². The molecule has 1 rings (SSSR count). The van der Waals surface area contributed by atoms with Gasteiger partial charge in [0, 0.05) is 30.1 Å². The van der Waals surface area contributed by atoms with Crippen LogP contribution in [0.1, 0.15) is 36.2 Å². The number of rotatable bonds is 8. The fourth-order valence-corrected chi connectivity index (χ4v) is 2.53. The number of hydrogen-bond donors (Lipinski definition) is 2. The lowest BCUT2D eigenvalue weighted by Crippen LogP contribution is -2.29. The van der Waals surface area contributed by atoms with Gasteiger partial charge in [0.05, 0.1) is 5.75 Å². The molecule has 0 unspecified atom stereocenters. The average Bonchev–Trinajstić information content (AvgIpc) is 2.45. The van der Waals surface area contributed by atoms with E-state index in [1.165, 1.54) is 0 Å². The molecule has 0 bridgehead atoms. The van der Waals surface area contributed by atoms with Crippen molar-refractivity contribution in [2.45, 2.75) is 27.2 Å². The summed E-state index contributed by atoms with van der Waals surface area (Å²) in [4.78, 5) is 12.0. The Morgan fingerprint density at radius 2 is 1.90 bits per heavy atom. The van der Waals surface area contributed by atoms with Crippen molar-refractivity contribution in [3.8, 4) is 0 Å². The molecule has 0 heterocycles. The van der Waals surface area contributed by atoms with Gasteiger partial charge in [-0.2, -0.15) is 0 Å². The van der Waals surface area contributed by atoms with Gasteiger partial charge in [0.1, 0.15) is 0 Å². The Bertz CT molecular complexity index is 583. The molecule has 0 fully saturated rings. The highest BCUT2D eigenvalue weighted by atomic mass is 32.2. The first-order valence-electron chi connectivity index (χ1n) is 7.22. The van der Waals surface area contributed by atoms with E-state index in [1.54, 1.807) is 13.0 Å². The van der Waals surface area contributed by atoms with Gasteiger partial charge in [0.2, 0.25) is 0 Å². The summed E-state index contributed by atoms with van der Waals surface area (Å²) in [5, 5.41) is 5.93. The first kappa shape index (κ1) is 17.5. The van der Waals surface area contributed by atoms with E-state index in [9.17, 15) is 13.2 Å². The molecular formula is C15H24N2O3S. The topological polar surface area (TPSA) is 75.3 Å². The van der Waals surface area contributed by atoms with Gasteiger partial charge in [-0.3, -0.25) is 4.79 Å². The molecule has 5 nitrogen and oxygen atoms in total. The van der Waals surface area contributed by atoms with E-state index < -0.39 is 9.84 Å². The molecule has 1 aromatic carbocycles. The molecule has 1 aromatic rings. The van der Waals surface area contributed by atoms with Crippen molar-refractivity contribution in [2.75, 3.05) is 29.9 Å². The maximum absolute atomic E-state index is 12.0. The van der Waals surface area contributed by atoms with Crippen molar-refractivity contribution in [3.05, 3.63) is 29.3 Å². The fraction of sp³-hybridized carbons (Fsp3) is 0.533. The van der Waals surface area contributed by atoms with Crippen molar-refractivity contribution >= 4 is 21.4 Å². The van der Waals surface area contributed by atoms with Gasteiger partial charge >= 0.3 is 0 Å². The maximum atomic E-state index is 12.0. The monoisotopic (exact) mass is 312 g/mol. The zero-order valence-corrected chi connectivity index (χ0v) is 13.7. The third-order valence-corrected chi connectivity index (χ3v) is 4.90. The summed E-state index contributed by atoms with van der Waals surface area (Å²) in [6.07, 6.45) is 1.04. The molecular weight excluding hydrogens is 288 g/mol. The van der Waals surface area contributed by atoms with Crippen molar-refractivity contribution < 1.29 is 13.2 Å². The van der Waals surface area contributed by atoms with E-state index >= 15 is 0 Å². The lowest BCUT2D eigenvalue weighted by atomic mass is 10.1. The Morgan fingerprint density at radius 1 is 1.19 bits per heavy atom. The summed E-state index contributed by atoms with van der Waals surface area (Å²) < 4.78 is 22.7. The first-order chi connectivity index (χ1) is 9.89. The van der Waals surface area contributed by atoms with E-state index in [2.05, 4.69) is 17.6 Å². The Labute approximate surface area is 127 Å². The van der Waals surface area contributed by atoms with Crippen LogP contribution in [0.4, 0.5) is 5.69 Å². The number of benzene rings is 1. The summed E-state index contributed by atoms with van der Waals surface area (Å²) in [6, 6.07) is 5.43. The molecule has 0 radical (unpaired) electrons. The van der Waals surface area contributed by atoms with Gasteiger partial charge in [-0.25, -0.2) is 8.42 Å². The molecule has 0 saturated carbocycles. The fourth-order valence-electron chi connectivity index (χ4n) is 1.83. The van der Waals surface area contributed by atoms with Crippen LogP contribution in [0.5, 0.6) is 0 Å². The Kier molecular flexibility index (Phi) is 6.68. The van der Waals surface area contributed by atoms with Gasteiger partial charge in [0.25, 0.3) is 5.91 Å². The van der Waals surface area contributed by atoms with Crippen molar-refractivity contribution in [1.82, 2.24) is 5.32 Å². The van der Waals surface area contributed by atoms with Gasteiger partial charge < -0.3 is 10.6 Å². The van der Waals surface area contributed by atoms with Crippen LogP contribution in [0.15, 0.2) is 18.2 Å². The summed E-state index contributed by atoms with van der Waals surface area (Å²) in [5.41, 5.74) is 2.56. The Hall–Kier alpha value is -1.56. The summed E-state index contributed by atoms with van der Waals surface area (Å²) >= 11 is 0. The van der Waals surface area contributed by atoms with Gasteiger partial charge in [-0.15, -0.1) is 0 Å². The minimum absolute atomic E-state index is 0.0235. The normalized spacial score (nSPS) is 11.2. The quantitative estimate of drug-likeness (QED) is 0.769. The molecule has 0 atom stereocenters. The number of hydrogen-bond acceptors (Lipinski definition) is 4. The van der Waals surface area contributed by atoms with Crippen LogP contribution in [0, 0.1) is 6.92 Å². The standard InChI is InChI=1S/C15H24N2O3S/c1-4-8-16-14-7-6-13(11-12(14)3)15(18)17-9-10-21(19,20)5-2/h6-7,11,16H,4-5,8-10H2,1-3H3,(H,17,18). The van der Waals surface area contributed by atoms with E-state index in [4.69, 9.17) is 0 Å². The molecule has 0 spiro atoms. The van der Waals surface area contributed by atoms with E-state index in [0.717, 1.165) is 24.2 Å². The molecule has 118 valence electrons. The van der Waals surface area contributed by atoms with E-state index in [0.29, 0.717) is 5.56 Å². The molecule has 0 aliphatic rings. The molecule has 2 N–H and O–H groups in total. The highest BCUT2D eigenvalue weighted by molar-refractivity contribution is 7.91. The van der Waals surface area contributed by atoms with Crippen molar-refractivity contribution in [1.29, 1.82) is 0 Å². The van der Waals surface area contributed by atoms with Gasteiger partial charge in [0.15, 0.2) is 9.84 Å². The number of sulfone groups is 1. The number of carbonyl (C=O) groups excluding carboxylic acids is 1. The predicted molar refractivity (Wildman–Crippen MR) is 86.6 cm³/mol. The second-order valence-corrected chi connectivity index (χ2v) is 7.42. The summed E-state index contributed by atoms with van der Waals surface area (Å²) in [7, 11) is -3.05. The summed E-state index contributed by atoms with van der Waals surface area (Å²) in [5.74, 6) is -0.170. The van der Waals surface area contributed by atoms with Gasteiger partial charge in [-0.1, -0.05) is 13.8 Å². The molecule has 1 amide bonds. The van der Waals surface area contributed by atoms with Crippen molar-refractivity contribution in [2.24, 2.45) is 0 Å². The number of amides is 1. The van der Waals surface area contributed by atoms with Gasteiger partial charge in [-0.05, 0) is 37.1 Å². The molecule has 0 aliphatic carbocycles. The molecule has 0 aromatic heterocycles. The van der Waals surface area contributed by atoms with Crippen LogP contribution in [0.25, 0.3) is 0 Å². The molecule has 0 saturated heterocycles. The lowest BCUT2D eigenvalue weighted by Gasteiger charge is -2.11. The van der Waals surface area contributed by atoms with Crippen molar-refractivity contribution in [3.63, 3.8) is 0 Å². The Balaban J connectivity index is 2.61. The second-order valence-electron chi connectivity index (χ2n) is 4.95. The molecule has 6 heteroatoms. The minimum Gasteiger partial charge on any atom is -0.385 e. The van der Waals surface area contributed by atoms with Crippen LogP contribution in [0.3, 0.4) is 0 Å². The average molecular weight is 312 g/mol. The third-order valence-electron chi connectivity index (χ3n) is 3.19. The van der Waals surface area contributed by atoms with Crippen LogP contribution in [-0.2, 0) is 9.84 Å². The number of carbonyl (C=O) groups is 1. The highest BCUT2D eigenvalue weighted by Gasteiger charge is 2.10. The summed E-state index contributed by atoms with van der Waals surface area (Å²) in [6.45, 7) is 6.67. The highest BCUT2D eigenvalue weighted by Crippen LogP contribution is 2.16. The second kappa shape index (κ2) is 8.02. The van der Waals surface area contributed by atoms with E-state index in [-0.39, 0.29) is 24.0 Å². The largest absolute Gasteiger partial charge is 0.385 e. The zero-order valence-electron chi connectivity index (χ0n) is 12.9. The van der Waals surface area contributed by atoms with Crippen LogP contribution in [-0.4, -0.2) is 38.9 Å². The first-order valence-corrected chi connectivity index (χ1v) is 9.05.